The Hall–Kier alpha value is -3.71. The van der Waals surface area contributed by atoms with Crippen molar-refractivity contribution >= 4 is 57.0 Å². The van der Waals surface area contributed by atoms with E-state index >= 15 is 0 Å². The molecule has 2 unspecified atom stereocenters. The molecule has 0 spiro atoms. The normalized spacial score (nSPS) is 19.8. The fraction of sp³-hybridized carbons (Fsp3) is 0.368. The first kappa shape index (κ1) is 27.3. The minimum absolute atomic E-state index is 0.0370. The van der Waals surface area contributed by atoms with Crippen molar-refractivity contribution in [3.8, 4) is 5.75 Å². The summed E-state index contributed by atoms with van der Waals surface area (Å²) in [6, 6.07) is 0.582. The van der Waals surface area contributed by atoms with E-state index in [0.29, 0.717) is 10.7 Å². The Labute approximate surface area is 223 Å². The second kappa shape index (κ2) is 10.6. The fourth-order valence-electron chi connectivity index (χ4n) is 3.79. The van der Waals surface area contributed by atoms with Gasteiger partial charge in [0.2, 0.25) is 15.2 Å². The number of nitroso groups, excluding NO2 is 1. The zero-order valence-electron chi connectivity index (χ0n) is 19.6. The number of carboxylic acids is 1. The van der Waals surface area contributed by atoms with E-state index < -0.39 is 51.0 Å². The molecule has 1 saturated heterocycles. The van der Waals surface area contributed by atoms with Crippen LogP contribution in [0.25, 0.3) is 0 Å². The Balaban J connectivity index is 1.49. The average molecular weight is 585 g/mol. The van der Waals surface area contributed by atoms with E-state index in [4.69, 9.17) is 0 Å². The molecule has 0 radical (unpaired) electrons. The molecule has 0 aliphatic carbocycles. The minimum atomic E-state index is -3.78. The molecule has 19 heteroatoms. The van der Waals surface area contributed by atoms with Crippen molar-refractivity contribution in [2.75, 3.05) is 22.5 Å². The molecule has 202 valence electrons. The Morgan fingerprint density at radius 1 is 1.37 bits per heavy atom. The number of sulfonamides is 1. The number of carboxylic acid groups (broad SMARTS) is 1. The van der Waals surface area contributed by atoms with Gasteiger partial charge >= 0.3 is 5.97 Å². The number of aromatic nitrogens is 4. The van der Waals surface area contributed by atoms with Gasteiger partial charge in [-0.05, 0) is 33.7 Å². The third kappa shape index (κ3) is 5.43. The van der Waals surface area contributed by atoms with E-state index in [9.17, 15) is 37.9 Å². The number of benzene rings is 1. The Morgan fingerprint density at radius 2 is 2.11 bits per heavy atom. The summed E-state index contributed by atoms with van der Waals surface area (Å²) < 4.78 is 26.5. The molecular weight excluding hydrogens is 564 g/mol. The van der Waals surface area contributed by atoms with Gasteiger partial charge in [0.1, 0.15) is 22.9 Å². The molecule has 1 aromatic carbocycles. The lowest BCUT2D eigenvalue weighted by Gasteiger charge is -2.49. The number of tetrazole rings is 1. The maximum atomic E-state index is 12.9. The molecule has 0 saturated carbocycles. The van der Waals surface area contributed by atoms with Crippen molar-refractivity contribution in [3.63, 3.8) is 0 Å². The quantitative estimate of drug-likeness (QED) is 0.121. The largest absolute Gasteiger partial charge is 0.506 e. The summed E-state index contributed by atoms with van der Waals surface area (Å²) in [6.45, 7) is 0. The van der Waals surface area contributed by atoms with Crippen molar-refractivity contribution < 1.29 is 33.0 Å². The molecule has 3 heterocycles. The number of aromatic hydroxyl groups is 1. The SMILES string of the molecule is Cn1nnnc1SCC1=C(C(=O)O)N2C(=O)C(NC(=O)C(N=O)c3ccc(O)c(NS(C)(=O)=O)c3)[C@@H]2SC1. The van der Waals surface area contributed by atoms with Crippen molar-refractivity contribution in [1.29, 1.82) is 0 Å². The number of amides is 2. The number of hydrogen-bond donors (Lipinski definition) is 4. The van der Waals surface area contributed by atoms with Crippen LogP contribution < -0.4 is 10.0 Å². The third-order valence-corrected chi connectivity index (χ3v) is 8.52. The molecule has 16 nitrogen and oxygen atoms in total. The maximum absolute atomic E-state index is 12.9. The first-order chi connectivity index (χ1) is 17.9. The number of carbonyl (C=O) groups is 3. The van der Waals surface area contributed by atoms with Gasteiger partial charge in [0, 0.05) is 18.6 Å². The first-order valence-electron chi connectivity index (χ1n) is 10.6. The summed E-state index contributed by atoms with van der Waals surface area (Å²) in [5.41, 5.74) is -0.0109. The number of thioether (sulfide) groups is 2. The van der Waals surface area contributed by atoms with Crippen LogP contribution in [-0.2, 0) is 31.5 Å². The van der Waals surface area contributed by atoms with E-state index in [0.717, 1.165) is 23.3 Å². The van der Waals surface area contributed by atoms with Gasteiger partial charge in [-0.3, -0.25) is 19.2 Å². The van der Waals surface area contributed by atoms with Gasteiger partial charge < -0.3 is 15.5 Å². The van der Waals surface area contributed by atoms with Crippen LogP contribution in [0.1, 0.15) is 11.6 Å². The molecule has 2 aliphatic heterocycles. The van der Waals surface area contributed by atoms with Crippen LogP contribution in [0.15, 0.2) is 39.8 Å². The summed E-state index contributed by atoms with van der Waals surface area (Å²) in [4.78, 5) is 50.5. The van der Waals surface area contributed by atoms with Crippen LogP contribution >= 0.6 is 23.5 Å². The number of hydrogen-bond acceptors (Lipinski definition) is 13. The van der Waals surface area contributed by atoms with Crippen LogP contribution in [0, 0.1) is 4.91 Å². The van der Waals surface area contributed by atoms with Gasteiger partial charge in [-0.25, -0.2) is 17.9 Å². The van der Waals surface area contributed by atoms with Crippen molar-refractivity contribution in [2.45, 2.75) is 22.6 Å². The number of nitrogens with one attached hydrogen (secondary N) is 2. The number of β-lactam (4-membered cyclic amide) rings is 1. The summed E-state index contributed by atoms with van der Waals surface area (Å²) in [7, 11) is -2.14. The zero-order chi connectivity index (χ0) is 27.8. The summed E-state index contributed by atoms with van der Waals surface area (Å²) in [6.07, 6.45) is 0.855. The van der Waals surface area contributed by atoms with E-state index in [1.165, 1.54) is 34.3 Å². The molecule has 2 amide bonds. The highest BCUT2D eigenvalue weighted by Crippen LogP contribution is 2.42. The van der Waals surface area contributed by atoms with Gasteiger partial charge in [-0.1, -0.05) is 23.0 Å². The maximum Gasteiger partial charge on any atom is 0.352 e. The van der Waals surface area contributed by atoms with Crippen molar-refractivity contribution in [3.05, 3.63) is 39.9 Å². The highest BCUT2D eigenvalue weighted by atomic mass is 32.2. The number of fused-ring (bicyclic) bond motifs is 1. The average Bonchev–Trinajstić information content (AvgIpc) is 3.26. The predicted octanol–water partition coefficient (Wildman–Crippen LogP) is -0.374. The standard InChI is InChI=1S/C19H20N8O8S3/c1-26-19(21-24-25-26)37-7-9-6-36-17-13(16(30)27(17)14(9)18(31)32)20-15(29)12(22-33)8-3-4-11(28)10(5-8)23-38(2,34)35/h3-5,12-13,17,23,28H,6-7H2,1-2H3,(H,20,29)(H,31,32)/t12?,13?,17-/m0/s1. The van der Waals surface area contributed by atoms with E-state index in [1.54, 1.807) is 7.05 Å². The Bertz CT molecular complexity index is 1460. The summed E-state index contributed by atoms with van der Waals surface area (Å²) in [5.74, 6) is -2.89. The molecule has 1 aromatic heterocycles. The number of aliphatic carboxylic acids is 1. The van der Waals surface area contributed by atoms with Crippen LogP contribution in [-0.4, -0.2) is 90.7 Å². The molecule has 0 bridgehead atoms. The highest BCUT2D eigenvalue weighted by Gasteiger charge is 2.54. The lowest BCUT2D eigenvalue weighted by atomic mass is 10.0. The van der Waals surface area contributed by atoms with Crippen LogP contribution in [0.5, 0.6) is 5.75 Å². The topological polar surface area (TPSA) is 226 Å². The van der Waals surface area contributed by atoms with Gasteiger partial charge in [0.25, 0.3) is 11.8 Å². The monoisotopic (exact) mass is 584 g/mol. The number of nitrogens with zero attached hydrogens (tertiary/aromatic N) is 6. The minimum Gasteiger partial charge on any atom is -0.506 e. The van der Waals surface area contributed by atoms with Crippen LogP contribution in [0.4, 0.5) is 5.69 Å². The van der Waals surface area contributed by atoms with E-state index in [-0.39, 0.29) is 28.5 Å². The molecule has 4 rings (SSSR count). The lowest BCUT2D eigenvalue weighted by Crippen LogP contribution is -2.70. The van der Waals surface area contributed by atoms with Gasteiger partial charge in [0.05, 0.1) is 11.9 Å². The first-order valence-corrected chi connectivity index (χ1v) is 14.5. The molecular formula is C19H20N8O8S3. The smallest absolute Gasteiger partial charge is 0.352 e. The van der Waals surface area contributed by atoms with E-state index in [1.807, 2.05) is 0 Å². The molecule has 2 aliphatic rings. The number of rotatable bonds is 10. The zero-order valence-corrected chi connectivity index (χ0v) is 22.1. The second-order valence-electron chi connectivity index (χ2n) is 8.19. The highest BCUT2D eigenvalue weighted by molar-refractivity contribution is 8.01. The number of phenols is 1. The molecule has 38 heavy (non-hydrogen) atoms. The number of carbonyl (C=O) groups excluding carboxylic acids is 2. The van der Waals surface area contributed by atoms with Crippen LogP contribution in [0.3, 0.4) is 0 Å². The Kier molecular flexibility index (Phi) is 7.61. The van der Waals surface area contributed by atoms with Gasteiger partial charge in [0.15, 0.2) is 6.04 Å². The number of anilines is 1. The molecule has 1 fully saturated rings. The lowest BCUT2D eigenvalue weighted by molar-refractivity contribution is -0.150. The van der Waals surface area contributed by atoms with Crippen molar-refractivity contribution in [2.24, 2.45) is 12.2 Å². The summed E-state index contributed by atoms with van der Waals surface area (Å²) >= 11 is 2.45. The number of aryl methyl sites for hydroxylation is 1. The van der Waals surface area contributed by atoms with Crippen molar-refractivity contribution in [1.82, 2.24) is 30.4 Å². The van der Waals surface area contributed by atoms with E-state index in [2.05, 4.69) is 30.7 Å². The van der Waals surface area contributed by atoms with Gasteiger partial charge in [-0.15, -0.1) is 21.8 Å². The number of phenolic OH excluding ortho intramolecular Hbond substituents is 1. The molecule has 4 N–H and O–H groups in total. The molecule has 2 aromatic rings. The molecule has 3 atom stereocenters. The summed E-state index contributed by atoms with van der Waals surface area (Å²) in [5, 5.41) is 35.7. The van der Waals surface area contributed by atoms with Gasteiger partial charge in [-0.2, -0.15) is 0 Å². The third-order valence-electron chi connectivity index (χ3n) is 5.49. The predicted molar refractivity (Wildman–Crippen MR) is 134 cm³/mol. The van der Waals surface area contributed by atoms with Crippen LogP contribution in [0.2, 0.25) is 0 Å². The second-order valence-corrected chi connectivity index (χ2v) is 12.0. The Morgan fingerprint density at radius 3 is 2.71 bits per heavy atom. The fourth-order valence-corrected chi connectivity index (χ4v) is 6.68.